The Morgan fingerprint density at radius 1 is 1.07 bits per heavy atom. The van der Waals surface area contributed by atoms with Gasteiger partial charge in [-0.05, 0) is 91.8 Å². The lowest BCUT2D eigenvalue weighted by Crippen LogP contribution is -2.05. The predicted molar refractivity (Wildman–Crippen MR) is 114 cm³/mol. The second-order valence-electron chi connectivity index (χ2n) is 5.34. The molecule has 148 valence electrons. The van der Waals surface area contributed by atoms with Crippen molar-refractivity contribution in [1.29, 1.82) is 0 Å². The Morgan fingerprint density at radius 2 is 1.59 bits per heavy atom. The van der Waals surface area contributed by atoms with Crippen molar-refractivity contribution in [2.75, 3.05) is 14.2 Å². The molecule has 0 amide bonds. The molecule has 0 N–H and O–H groups in total. The number of nitrogens with zero attached hydrogens (tertiary/aromatic N) is 1. The molecule has 2 rings (SSSR count). The number of aryl methyl sites for hydroxylation is 2. The summed E-state index contributed by atoms with van der Waals surface area (Å²) in [6, 6.07) is 7.73. The SMILES string of the molecule is COc1cc(CCc2cc(Br)cnc2C(C)=O)cc(OC)c1.O=P(Cl)(Cl)Cl. The first kappa shape index (κ1) is 24.3. The van der Waals surface area contributed by atoms with Crippen LogP contribution in [0.5, 0.6) is 11.5 Å². The smallest absolute Gasteiger partial charge is 0.339 e. The molecule has 0 spiro atoms. The molecule has 0 bridgehead atoms. The molecular formula is C17H18BrCl3NO4P. The van der Waals surface area contributed by atoms with Crippen molar-refractivity contribution in [3.63, 3.8) is 0 Å². The first-order valence-electron chi connectivity index (χ1n) is 7.59. The molecular weight excluding hydrogens is 499 g/mol. The van der Waals surface area contributed by atoms with Gasteiger partial charge in [0.05, 0.1) is 14.2 Å². The highest BCUT2D eigenvalue weighted by Gasteiger charge is 2.10. The number of benzene rings is 1. The molecule has 1 aromatic heterocycles. The summed E-state index contributed by atoms with van der Waals surface area (Å²) < 4.78 is 20.9. The van der Waals surface area contributed by atoms with Crippen molar-refractivity contribution in [2.24, 2.45) is 0 Å². The summed E-state index contributed by atoms with van der Waals surface area (Å²) in [7, 11) is 3.26. The number of carbonyl (C=O) groups excluding carboxylic acids is 1. The molecule has 0 fully saturated rings. The van der Waals surface area contributed by atoms with E-state index in [9.17, 15) is 9.36 Å². The number of rotatable bonds is 6. The highest BCUT2D eigenvalue weighted by molar-refractivity contribution is 9.10. The van der Waals surface area contributed by atoms with E-state index in [1.54, 1.807) is 20.4 Å². The zero-order valence-electron chi connectivity index (χ0n) is 14.8. The van der Waals surface area contributed by atoms with Crippen molar-refractivity contribution in [1.82, 2.24) is 4.98 Å². The fourth-order valence-electron chi connectivity index (χ4n) is 2.28. The average molecular weight is 518 g/mol. The largest absolute Gasteiger partial charge is 0.497 e. The molecule has 1 heterocycles. The average Bonchev–Trinajstić information content (AvgIpc) is 2.57. The highest BCUT2D eigenvalue weighted by atomic mass is 79.9. The topological polar surface area (TPSA) is 65.5 Å². The van der Waals surface area contributed by atoms with Gasteiger partial charge in [0.1, 0.15) is 17.2 Å². The van der Waals surface area contributed by atoms with Gasteiger partial charge in [0, 0.05) is 23.7 Å². The van der Waals surface area contributed by atoms with E-state index >= 15 is 0 Å². The van der Waals surface area contributed by atoms with Gasteiger partial charge in [-0.25, -0.2) is 0 Å². The molecule has 0 aliphatic heterocycles. The summed E-state index contributed by atoms with van der Waals surface area (Å²) in [5, 5.41) is -3.22. The Labute approximate surface area is 181 Å². The summed E-state index contributed by atoms with van der Waals surface area (Å²) >= 11 is 17.3. The number of ketones is 1. The molecule has 0 radical (unpaired) electrons. The number of pyridine rings is 1. The van der Waals surface area contributed by atoms with Crippen LogP contribution < -0.4 is 9.47 Å². The zero-order valence-corrected chi connectivity index (χ0v) is 19.6. The maximum atomic E-state index is 11.7. The van der Waals surface area contributed by atoms with Gasteiger partial charge in [-0.2, -0.15) is 0 Å². The minimum absolute atomic E-state index is 0.0225. The number of carbonyl (C=O) groups is 1. The predicted octanol–water partition coefficient (Wildman–Crippen LogP) is 6.66. The fraction of sp³-hybridized carbons (Fsp3) is 0.294. The highest BCUT2D eigenvalue weighted by Crippen LogP contribution is 2.61. The standard InChI is InChI=1S/C17H18BrNO3.Cl3OP/c1-11(20)17-13(8-14(18)10-19-17)5-4-12-6-15(21-2)9-16(7-12)22-3;1-5(2,3)4/h6-10H,4-5H2,1-3H3;. The monoisotopic (exact) mass is 515 g/mol. The van der Waals surface area contributed by atoms with E-state index in [0.717, 1.165) is 39.9 Å². The van der Waals surface area contributed by atoms with Gasteiger partial charge in [-0.15, -0.1) is 0 Å². The van der Waals surface area contributed by atoms with Gasteiger partial charge < -0.3 is 9.47 Å². The van der Waals surface area contributed by atoms with E-state index < -0.39 is 5.20 Å². The number of Topliss-reactive ketones (excluding diaryl/α,β-unsaturated/α-hetero) is 1. The molecule has 5 nitrogen and oxygen atoms in total. The van der Waals surface area contributed by atoms with E-state index in [4.69, 9.17) is 9.47 Å². The third kappa shape index (κ3) is 9.82. The second kappa shape index (κ2) is 11.3. The molecule has 10 heteroatoms. The van der Waals surface area contributed by atoms with Gasteiger partial charge in [-0.1, -0.05) is 0 Å². The summed E-state index contributed by atoms with van der Waals surface area (Å²) in [6.07, 6.45) is 3.14. The Bertz CT molecular complexity index is 814. The molecule has 2 aromatic rings. The van der Waals surface area contributed by atoms with Crippen LogP contribution in [0, 0.1) is 0 Å². The lowest BCUT2D eigenvalue weighted by atomic mass is 10.0. The third-order valence-electron chi connectivity index (χ3n) is 3.36. The van der Waals surface area contributed by atoms with Gasteiger partial charge in [-0.3, -0.25) is 14.3 Å². The quantitative estimate of drug-likeness (QED) is 0.317. The van der Waals surface area contributed by atoms with Crippen molar-refractivity contribution >= 4 is 60.6 Å². The number of hydrogen-bond donors (Lipinski definition) is 0. The molecule has 0 saturated heterocycles. The summed E-state index contributed by atoms with van der Waals surface area (Å²) in [6.45, 7) is 1.54. The molecule has 1 aromatic carbocycles. The zero-order chi connectivity index (χ0) is 20.6. The number of ether oxygens (including phenoxy) is 2. The van der Waals surface area contributed by atoms with Crippen LogP contribution in [0.1, 0.15) is 28.5 Å². The summed E-state index contributed by atoms with van der Waals surface area (Å²) in [5.74, 6) is 1.49. The maximum absolute atomic E-state index is 11.7. The van der Waals surface area contributed by atoms with Crippen LogP contribution in [0.15, 0.2) is 34.9 Å². The minimum Gasteiger partial charge on any atom is -0.497 e. The molecule has 0 aliphatic carbocycles. The van der Waals surface area contributed by atoms with E-state index in [-0.39, 0.29) is 5.78 Å². The van der Waals surface area contributed by atoms with Crippen LogP contribution >= 0.6 is 54.9 Å². The summed E-state index contributed by atoms with van der Waals surface area (Å²) in [4.78, 5) is 15.9. The van der Waals surface area contributed by atoms with Crippen LogP contribution in [0.2, 0.25) is 0 Å². The van der Waals surface area contributed by atoms with E-state index in [1.807, 2.05) is 24.3 Å². The van der Waals surface area contributed by atoms with Crippen molar-refractivity contribution in [3.05, 3.63) is 51.8 Å². The lowest BCUT2D eigenvalue weighted by Gasteiger charge is -2.10. The first-order chi connectivity index (χ1) is 12.5. The van der Waals surface area contributed by atoms with Crippen LogP contribution in [-0.2, 0) is 17.4 Å². The van der Waals surface area contributed by atoms with E-state index in [0.29, 0.717) is 5.69 Å². The van der Waals surface area contributed by atoms with Crippen molar-refractivity contribution in [2.45, 2.75) is 19.8 Å². The van der Waals surface area contributed by atoms with Gasteiger partial charge >= 0.3 is 5.20 Å². The maximum Gasteiger partial charge on any atom is 0.339 e. The van der Waals surface area contributed by atoms with Crippen LogP contribution in [0.4, 0.5) is 0 Å². The Morgan fingerprint density at radius 3 is 2.04 bits per heavy atom. The van der Waals surface area contributed by atoms with Crippen LogP contribution in [0.25, 0.3) is 0 Å². The number of halogens is 4. The van der Waals surface area contributed by atoms with E-state index in [2.05, 4.69) is 54.6 Å². The fourth-order valence-corrected chi connectivity index (χ4v) is 2.66. The normalized spacial score (nSPS) is 10.6. The second-order valence-corrected chi connectivity index (χ2v) is 12.9. The van der Waals surface area contributed by atoms with Crippen molar-refractivity contribution < 1.29 is 18.8 Å². The molecule has 0 aliphatic rings. The molecule has 0 saturated carbocycles. The van der Waals surface area contributed by atoms with Crippen molar-refractivity contribution in [3.8, 4) is 11.5 Å². The summed E-state index contributed by atoms with van der Waals surface area (Å²) in [5.41, 5.74) is 2.55. The lowest BCUT2D eigenvalue weighted by molar-refractivity contribution is 0.101. The molecule has 0 unspecified atom stereocenters. The Hall–Kier alpha value is -0.780. The Kier molecular flexibility index (Phi) is 10.1. The van der Waals surface area contributed by atoms with E-state index in [1.165, 1.54) is 6.92 Å². The number of aromatic nitrogens is 1. The van der Waals surface area contributed by atoms with Crippen LogP contribution in [-0.4, -0.2) is 25.0 Å². The van der Waals surface area contributed by atoms with Gasteiger partial charge in [0.2, 0.25) is 0 Å². The molecule has 0 atom stereocenters. The number of methoxy groups -OCH3 is 2. The Balaban J connectivity index is 0.000000646. The number of hydrogen-bond acceptors (Lipinski definition) is 5. The van der Waals surface area contributed by atoms with Gasteiger partial charge in [0.25, 0.3) is 0 Å². The van der Waals surface area contributed by atoms with Gasteiger partial charge in [0.15, 0.2) is 5.78 Å². The molecule has 27 heavy (non-hydrogen) atoms. The minimum atomic E-state index is -3.22. The third-order valence-corrected chi connectivity index (χ3v) is 3.79. The van der Waals surface area contributed by atoms with Crippen LogP contribution in [0.3, 0.4) is 0 Å². The first-order valence-corrected chi connectivity index (χ1v) is 12.8.